The quantitative estimate of drug-likeness (QED) is 0.565. The zero-order valence-electron chi connectivity index (χ0n) is 18.1. The number of thiophene rings is 1. The van der Waals surface area contributed by atoms with Crippen LogP contribution in [0.4, 0.5) is 0 Å². The Bertz CT molecular complexity index is 1070. The van der Waals surface area contributed by atoms with Gasteiger partial charge in [-0.1, -0.05) is 36.4 Å². The van der Waals surface area contributed by atoms with E-state index < -0.39 is 6.04 Å². The summed E-state index contributed by atoms with van der Waals surface area (Å²) in [5, 5.41) is 7.82. The van der Waals surface area contributed by atoms with Gasteiger partial charge in [0, 0.05) is 43.5 Å². The summed E-state index contributed by atoms with van der Waals surface area (Å²) in [6, 6.07) is 15.9. The lowest BCUT2D eigenvalue weighted by atomic mass is 10.0. The number of likely N-dealkylation sites (tertiary alicyclic amines) is 1. The van der Waals surface area contributed by atoms with Crippen LogP contribution in [0.15, 0.2) is 72.4 Å². The number of aromatic nitrogens is 1. The van der Waals surface area contributed by atoms with Crippen molar-refractivity contribution in [1.82, 2.24) is 20.5 Å². The summed E-state index contributed by atoms with van der Waals surface area (Å²) in [4.78, 5) is 44.7. The average molecular weight is 463 g/mol. The summed E-state index contributed by atoms with van der Waals surface area (Å²) >= 11 is 1.34. The molecule has 0 radical (unpaired) electrons. The van der Waals surface area contributed by atoms with Crippen LogP contribution in [0.1, 0.15) is 38.4 Å². The third kappa shape index (κ3) is 6.04. The lowest BCUT2D eigenvalue weighted by Crippen LogP contribution is -2.53. The van der Waals surface area contributed by atoms with Gasteiger partial charge in [-0.2, -0.15) is 0 Å². The number of amides is 3. The molecule has 2 N–H and O–H groups in total. The number of pyridine rings is 1. The maximum atomic E-state index is 13.1. The number of nitrogens with one attached hydrogen (secondary N) is 2. The first-order valence-corrected chi connectivity index (χ1v) is 11.9. The van der Waals surface area contributed by atoms with Crippen molar-refractivity contribution in [2.24, 2.45) is 0 Å². The lowest BCUT2D eigenvalue weighted by Gasteiger charge is -2.33. The minimum absolute atomic E-state index is 0.0210. The van der Waals surface area contributed by atoms with Crippen molar-refractivity contribution in [1.29, 1.82) is 0 Å². The highest BCUT2D eigenvalue weighted by Crippen LogP contribution is 2.15. The molecule has 0 saturated carbocycles. The second-order valence-corrected chi connectivity index (χ2v) is 8.95. The maximum absolute atomic E-state index is 13.1. The highest BCUT2D eigenvalue weighted by molar-refractivity contribution is 7.12. The second-order valence-electron chi connectivity index (χ2n) is 8.00. The molecule has 0 bridgehead atoms. The van der Waals surface area contributed by atoms with Gasteiger partial charge in [0.25, 0.3) is 11.8 Å². The van der Waals surface area contributed by atoms with E-state index in [1.807, 2.05) is 41.8 Å². The SMILES string of the molecule is O=C(NC(Cc1ccccc1)C(=O)NC1CCN(C(=O)c2ccncc2)CC1)c1cccs1. The molecular weight excluding hydrogens is 436 g/mol. The van der Waals surface area contributed by atoms with Gasteiger partial charge in [0.15, 0.2) is 0 Å². The highest BCUT2D eigenvalue weighted by Gasteiger charge is 2.28. The highest BCUT2D eigenvalue weighted by atomic mass is 32.1. The van der Waals surface area contributed by atoms with E-state index in [9.17, 15) is 14.4 Å². The van der Waals surface area contributed by atoms with Gasteiger partial charge in [0.1, 0.15) is 6.04 Å². The molecule has 1 atom stereocenters. The summed E-state index contributed by atoms with van der Waals surface area (Å²) in [7, 11) is 0. The van der Waals surface area contributed by atoms with Crippen molar-refractivity contribution in [3.8, 4) is 0 Å². The van der Waals surface area contributed by atoms with Gasteiger partial charge in [-0.3, -0.25) is 19.4 Å². The van der Waals surface area contributed by atoms with Crippen LogP contribution >= 0.6 is 11.3 Å². The van der Waals surface area contributed by atoms with E-state index in [1.54, 1.807) is 35.5 Å². The van der Waals surface area contributed by atoms with E-state index in [0.717, 1.165) is 5.56 Å². The Morgan fingerprint density at radius 3 is 2.39 bits per heavy atom. The number of carbonyl (C=O) groups is 3. The summed E-state index contributed by atoms with van der Waals surface area (Å²) in [5.74, 6) is -0.478. The van der Waals surface area contributed by atoms with E-state index in [-0.39, 0.29) is 23.8 Å². The summed E-state index contributed by atoms with van der Waals surface area (Å²) in [6.45, 7) is 1.13. The molecule has 4 rings (SSSR count). The Kier molecular flexibility index (Phi) is 7.47. The molecule has 8 heteroatoms. The normalized spacial score (nSPS) is 15.0. The van der Waals surface area contributed by atoms with E-state index in [4.69, 9.17) is 0 Å². The van der Waals surface area contributed by atoms with E-state index in [0.29, 0.717) is 42.8 Å². The fourth-order valence-corrected chi connectivity index (χ4v) is 4.53. The molecule has 7 nitrogen and oxygen atoms in total. The van der Waals surface area contributed by atoms with Crippen LogP contribution in [-0.4, -0.2) is 52.8 Å². The summed E-state index contributed by atoms with van der Waals surface area (Å²) in [5.41, 5.74) is 1.59. The fraction of sp³-hybridized carbons (Fsp3) is 0.280. The van der Waals surface area contributed by atoms with Crippen LogP contribution in [0.25, 0.3) is 0 Å². The molecule has 1 unspecified atom stereocenters. The van der Waals surface area contributed by atoms with Crippen molar-refractivity contribution in [3.05, 3.63) is 88.4 Å². The molecule has 3 aromatic rings. The van der Waals surface area contributed by atoms with Gasteiger partial charge in [-0.05, 0) is 42.0 Å². The molecule has 1 aliphatic rings. The molecule has 33 heavy (non-hydrogen) atoms. The van der Waals surface area contributed by atoms with Crippen molar-refractivity contribution < 1.29 is 14.4 Å². The molecule has 3 amide bonds. The van der Waals surface area contributed by atoms with Crippen molar-refractivity contribution in [2.45, 2.75) is 31.3 Å². The summed E-state index contributed by atoms with van der Waals surface area (Å²) < 4.78 is 0. The number of hydrogen-bond acceptors (Lipinski definition) is 5. The van der Waals surface area contributed by atoms with Crippen LogP contribution in [0.3, 0.4) is 0 Å². The number of rotatable bonds is 7. The largest absolute Gasteiger partial charge is 0.351 e. The van der Waals surface area contributed by atoms with Crippen molar-refractivity contribution in [3.63, 3.8) is 0 Å². The molecule has 0 spiro atoms. The van der Waals surface area contributed by atoms with Crippen LogP contribution in [0.5, 0.6) is 0 Å². The zero-order chi connectivity index (χ0) is 23.0. The van der Waals surface area contributed by atoms with Gasteiger partial charge >= 0.3 is 0 Å². The Balaban J connectivity index is 1.36. The number of carbonyl (C=O) groups excluding carboxylic acids is 3. The lowest BCUT2D eigenvalue weighted by molar-refractivity contribution is -0.123. The molecule has 2 aromatic heterocycles. The maximum Gasteiger partial charge on any atom is 0.262 e. The number of piperidine rings is 1. The summed E-state index contributed by atoms with van der Waals surface area (Å²) in [6.07, 6.45) is 4.96. The number of benzene rings is 1. The second kappa shape index (κ2) is 10.9. The van der Waals surface area contributed by atoms with Crippen molar-refractivity contribution in [2.75, 3.05) is 13.1 Å². The van der Waals surface area contributed by atoms with Crippen LogP contribution in [0.2, 0.25) is 0 Å². The molecule has 170 valence electrons. The number of nitrogens with zero attached hydrogens (tertiary/aromatic N) is 2. The minimum atomic E-state index is -0.682. The van der Waals surface area contributed by atoms with Crippen molar-refractivity contribution >= 4 is 29.1 Å². The van der Waals surface area contributed by atoms with E-state index >= 15 is 0 Å². The zero-order valence-corrected chi connectivity index (χ0v) is 19.0. The topological polar surface area (TPSA) is 91.4 Å². The van der Waals surface area contributed by atoms with Crippen LogP contribution in [0, 0.1) is 0 Å². The van der Waals surface area contributed by atoms with Gasteiger partial charge in [-0.25, -0.2) is 0 Å². The van der Waals surface area contributed by atoms with Crippen LogP contribution < -0.4 is 10.6 Å². The van der Waals surface area contributed by atoms with Gasteiger partial charge < -0.3 is 15.5 Å². The molecule has 1 aliphatic heterocycles. The Labute approximate surface area is 196 Å². The first kappa shape index (κ1) is 22.7. The predicted molar refractivity (Wildman–Crippen MR) is 127 cm³/mol. The van der Waals surface area contributed by atoms with Gasteiger partial charge in [0.2, 0.25) is 5.91 Å². The molecule has 3 heterocycles. The molecule has 1 fully saturated rings. The minimum Gasteiger partial charge on any atom is -0.351 e. The standard InChI is InChI=1S/C25H26N4O3S/c30-23(27-20-10-14-29(15-11-20)25(32)19-8-12-26-13-9-19)21(17-18-5-2-1-3-6-18)28-24(31)22-7-4-16-33-22/h1-9,12-13,16,20-21H,10-11,14-15,17H2,(H,27,30)(H,28,31). The first-order valence-electron chi connectivity index (χ1n) is 11.0. The predicted octanol–water partition coefficient (Wildman–Crippen LogP) is 2.91. The third-order valence-corrected chi connectivity index (χ3v) is 6.57. The Hall–Kier alpha value is -3.52. The first-order chi connectivity index (χ1) is 16.1. The third-order valence-electron chi connectivity index (χ3n) is 5.71. The van der Waals surface area contributed by atoms with E-state index in [1.165, 1.54) is 11.3 Å². The van der Waals surface area contributed by atoms with E-state index in [2.05, 4.69) is 15.6 Å². The van der Waals surface area contributed by atoms with Gasteiger partial charge in [-0.15, -0.1) is 11.3 Å². The van der Waals surface area contributed by atoms with Gasteiger partial charge in [0.05, 0.1) is 4.88 Å². The molecule has 0 aliphatic carbocycles. The Morgan fingerprint density at radius 2 is 1.73 bits per heavy atom. The molecule has 1 saturated heterocycles. The number of hydrogen-bond donors (Lipinski definition) is 2. The fourth-order valence-electron chi connectivity index (χ4n) is 3.90. The van der Waals surface area contributed by atoms with Crippen LogP contribution in [-0.2, 0) is 11.2 Å². The molecular formula is C25H26N4O3S. The average Bonchev–Trinajstić information content (AvgIpc) is 3.40. The Morgan fingerprint density at radius 1 is 1.00 bits per heavy atom. The monoisotopic (exact) mass is 462 g/mol. The smallest absolute Gasteiger partial charge is 0.262 e. The molecule has 1 aromatic carbocycles.